The summed E-state index contributed by atoms with van der Waals surface area (Å²) in [6, 6.07) is 15.4. The van der Waals surface area contributed by atoms with E-state index in [2.05, 4.69) is 11.6 Å². The first-order valence-corrected chi connectivity index (χ1v) is 17.0. The molecule has 0 spiro atoms. The number of methoxy groups -OCH3 is 1. The summed E-state index contributed by atoms with van der Waals surface area (Å²) in [4.78, 5) is 32.5. The lowest BCUT2D eigenvalue weighted by Crippen LogP contribution is -2.68. The molecular formula is C30H27Cl3N2O6S2. The topological polar surface area (TPSA) is 102 Å². The Morgan fingerprint density at radius 1 is 1.12 bits per heavy atom. The first-order valence-electron chi connectivity index (χ1n) is 12.8. The summed E-state index contributed by atoms with van der Waals surface area (Å²) in [6.07, 6.45) is 1.37. The SMILES string of the molecule is C=C(CCl)C(C(=O)OCc1ccc(OC)cc1)N1C(=O)C(N=Cc2ccc(Cl)cc2Cl)C1SS(=O)(=O)c1ccc(C)cc1. The number of amides is 1. The van der Waals surface area contributed by atoms with E-state index in [1.54, 1.807) is 48.5 Å². The van der Waals surface area contributed by atoms with Crippen molar-refractivity contribution in [3.63, 3.8) is 0 Å². The van der Waals surface area contributed by atoms with Crippen molar-refractivity contribution in [1.29, 1.82) is 0 Å². The van der Waals surface area contributed by atoms with E-state index in [9.17, 15) is 18.0 Å². The second-order valence-electron chi connectivity index (χ2n) is 9.54. The summed E-state index contributed by atoms with van der Waals surface area (Å²) >= 11 is 18.3. The van der Waals surface area contributed by atoms with Crippen LogP contribution in [0.4, 0.5) is 0 Å². The van der Waals surface area contributed by atoms with Crippen molar-refractivity contribution in [2.45, 2.75) is 35.9 Å². The molecule has 43 heavy (non-hydrogen) atoms. The molecule has 1 amide bonds. The Bertz CT molecular complexity index is 1650. The molecule has 0 aromatic heterocycles. The van der Waals surface area contributed by atoms with E-state index in [-0.39, 0.29) is 23.0 Å². The number of hydrogen-bond acceptors (Lipinski definition) is 8. The van der Waals surface area contributed by atoms with E-state index in [0.29, 0.717) is 37.7 Å². The van der Waals surface area contributed by atoms with E-state index in [1.165, 1.54) is 31.5 Å². The van der Waals surface area contributed by atoms with Crippen molar-refractivity contribution < 1.29 is 27.5 Å². The average molecular weight is 682 g/mol. The molecule has 0 saturated carbocycles. The Morgan fingerprint density at radius 3 is 2.40 bits per heavy atom. The number of carbonyl (C=O) groups excluding carboxylic acids is 2. The normalized spacial score (nSPS) is 17.4. The number of hydrogen-bond donors (Lipinski definition) is 0. The molecule has 3 unspecified atom stereocenters. The molecule has 3 aromatic rings. The molecule has 0 radical (unpaired) electrons. The van der Waals surface area contributed by atoms with Gasteiger partial charge in [0.05, 0.1) is 17.0 Å². The molecule has 0 aliphatic carbocycles. The number of β-lactam (4-membered cyclic amide) rings is 1. The minimum atomic E-state index is -4.00. The second kappa shape index (κ2) is 14.2. The van der Waals surface area contributed by atoms with Crippen LogP contribution < -0.4 is 4.74 Å². The number of rotatable bonds is 12. The number of carbonyl (C=O) groups is 2. The molecule has 0 bridgehead atoms. The van der Waals surface area contributed by atoms with Gasteiger partial charge in [-0.05, 0) is 54.5 Å². The van der Waals surface area contributed by atoms with Crippen LogP contribution in [0.25, 0.3) is 0 Å². The Labute approximate surface area is 268 Å². The van der Waals surface area contributed by atoms with E-state index in [1.807, 2.05) is 6.92 Å². The van der Waals surface area contributed by atoms with Gasteiger partial charge in [0, 0.05) is 33.5 Å². The number of alkyl halides is 1. The van der Waals surface area contributed by atoms with E-state index in [4.69, 9.17) is 44.3 Å². The fourth-order valence-corrected chi connectivity index (χ4v) is 8.24. The van der Waals surface area contributed by atoms with Gasteiger partial charge in [0.2, 0.25) is 8.87 Å². The molecule has 1 heterocycles. The van der Waals surface area contributed by atoms with Crippen molar-refractivity contribution >= 4 is 72.6 Å². The third-order valence-corrected chi connectivity index (χ3v) is 11.1. The number of nitrogens with zero attached hydrogens (tertiary/aromatic N) is 2. The van der Waals surface area contributed by atoms with Crippen molar-refractivity contribution in [3.8, 4) is 5.75 Å². The monoisotopic (exact) mass is 680 g/mol. The fraction of sp³-hybridized carbons (Fsp3) is 0.233. The molecule has 8 nitrogen and oxygen atoms in total. The highest BCUT2D eigenvalue weighted by atomic mass is 35.5. The molecule has 1 aliphatic heterocycles. The first kappa shape index (κ1) is 32.9. The molecule has 3 atom stereocenters. The van der Waals surface area contributed by atoms with Crippen LogP contribution in [-0.2, 0) is 29.8 Å². The van der Waals surface area contributed by atoms with Crippen molar-refractivity contribution in [2.24, 2.45) is 4.99 Å². The van der Waals surface area contributed by atoms with Crippen LogP contribution in [0.1, 0.15) is 16.7 Å². The molecule has 226 valence electrons. The van der Waals surface area contributed by atoms with Gasteiger partial charge >= 0.3 is 5.97 Å². The first-order chi connectivity index (χ1) is 20.4. The molecular weight excluding hydrogens is 655 g/mol. The van der Waals surface area contributed by atoms with Gasteiger partial charge in [-0.2, -0.15) is 0 Å². The van der Waals surface area contributed by atoms with E-state index >= 15 is 0 Å². The smallest absolute Gasteiger partial charge is 0.333 e. The fourth-order valence-electron chi connectivity index (χ4n) is 4.14. The summed E-state index contributed by atoms with van der Waals surface area (Å²) in [5.41, 5.74) is 2.19. The lowest BCUT2D eigenvalue weighted by molar-refractivity contribution is -0.161. The van der Waals surface area contributed by atoms with E-state index in [0.717, 1.165) is 10.5 Å². The zero-order valence-electron chi connectivity index (χ0n) is 23.1. The molecule has 1 aliphatic rings. The highest BCUT2D eigenvalue weighted by molar-refractivity contribution is 8.72. The van der Waals surface area contributed by atoms with Crippen LogP contribution in [0.3, 0.4) is 0 Å². The van der Waals surface area contributed by atoms with Crippen LogP contribution in [0.2, 0.25) is 10.0 Å². The summed E-state index contributed by atoms with van der Waals surface area (Å²) in [7, 11) is -1.95. The van der Waals surface area contributed by atoms with Gasteiger partial charge in [-0.1, -0.05) is 65.7 Å². The number of aryl methyl sites for hydroxylation is 1. The van der Waals surface area contributed by atoms with Gasteiger partial charge in [-0.15, -0.1) is 11.6 Å². The van der Waals surface area contributed by atoms with Gasteiger partial charge in [0.1, 0.15) is 17.7 Å². The molecule has 1 fully saturated rings. The largest absolute Gasteiger partial charge is 0.497 e. The van der Waals surface area contributed by atoms with Crippen LogP contribution in [0.5, 0.6) is 5.75 Å². The number of halogens is 3. The number of esters is 1. The van der Waals surface area contributed by atoms with Gasteiger partial charge < -0.3 is 14.4 Å². The zero-order chi connectivity index (χ0) is 31.3. The van der Waals surface area contributed by atoms with Crippen LogP contribution in [0, 0.1) is 6.92 Å². The van der Waals surface area contributed by atoms with Crippen LogP contribution in [-0.4, -0.2) is 61.9 Å². The van der Waals surface area contributed by atoms with Crippen LogP contribution >= 0.6 is 45.6 Å². The maximum absolute atomic E-state index is 13.6. The summed E-state index contributed by atoms with van der Waals surface area (Å²) in [5, 5.41) is -0.396. The standard InChI is InChI=1S/C30H27Cl3N2O6S2/c1-18-4-12-24(13-5-18)43(38,39)42-29-26(34-16-21-8-9-22(32)14-25(21)33)28(36)35(29)27(19(2)15-31)30(37)41-17-20-6-10-23(40-3)11-7-20/h4-14,16,26-27,29H,2,15,17H2,1,3H3. The maximum Gasteiger partial charge on any atom is 0.333 e. The lowest BCUT2D eigenvalue weighted by atomic mass is 9.99. The summed E-state index contributed by atoms with van der Waals surface area (Å²) in [6.45, 7) is 5.61. The third kappa shape index (κ3) is 7.74. The van der Waals surface area contributed by atoms with Gasteiger partial charge in [-0.25, -0.2) is 13.2 Å². The van der Waals surface area contributed by atoms with Crippen molar-refractivity contribution in [1.82, 2.24) is 4.90 Å². The Kier molecular flexibility index (Phi) is 10.8. The Morgan fingerprint density at radius 2 is 1.79 bits per heavy atom. The van der Waals surface area contributed by atoms with Gasteiger partial charge in [-0.3, -0.25) is 9.79 Å². The van der Waals surface area contributed by atoms with Crippen molar-refractivity contribution in [2.75, 3.05) is 13.0 Å². The number of ether oxygens (including phenoxy) is 2. The number of benzene rings is 3. The number of aliphatic imine (C=N–C) groups is 1. The summed E-state index contributed by atoms with van der Waals surface area (Å²) in [5.74, 6) is -0.953. The maximum atomic E-state index is 13.6. The highest BCUT2D eigenvalue weighted by Gasteiger charge is 2.55. The van der Waals surface area contributed by atoms with E-state index < -0.39 is 38.2 Å². The number of likely N-dealkylation sites (tertiary alicyclic amines) is 1. The summed E-state index contributed by atoms with van der Waals surface area (Å²) < 4.78 is 37.6. The molecule has 1 saturated heterocycles. The predicted octanol–water partition coefficient (Wildman–Crippen LogP) is 6.30. The Hall–Kier alpha value is -3.02. The predicted molar refractivity (Wildman–Crippen MR) is 171 cm³/mol. The molecule has 4 rings (SSSR count). The van der Waals surface area contributed by atoms with Crippen LogP contribution in [0.15, 0.2) is 88.8 Å². The highest BCUT2D eigenvalue weighted by Crippen LogP contribution is 2.41. The lowest BCUT2D eigenvalue weighted by Gasteiger charge is -2.47. The van der Waals surface area contributed by atoms with Gasteiger partial charge in [0.25, 0.3) is 5.91 Å². The quantitative estimate of drug-likeness (QED) is 0.0553. The molecule has 0 N–H and O–H groups in total. The molecule has 3 aromatic carbocycles. The minimum Gasteiger partial charge on any atom is -0.497 e. The molecule has 13 heteroatoms. The van der Waals surface area contributed by atoms with Crippen molar-refractivity contribution in [3.05, 3.63) is 106 Å². The zero-order valence-corrected chi connectivity index (χ0v) is 27.0. The van der Waals surface area contributed by atoms with Gasteiger partial charge in [0.15, 0.2) is 12.1 Å². The minimum absolute atomic E-state index is 0.0423. The second-order valence-corrected chi connectivity index (χ2v) is 14.6. The average Bonchev–Trinajstić information content (AvgIpc) is 2.99. The third-order valence-electron chi connectivity index (χ3n) is 6.52. The Balaban J connectivity index is 1.65.